The van der Waals surface area contributed by atoms with Crippen molar-refractivity contribution in [3.05, 3.63) is 12.3 Å². The summed E-state index contributed by atoms with van der Waals surface area (Å²) in [6.45, 7) is 2.26. The fraction of sp³-hybridized carbons (Fsp3) is 0.722. The molecule has 0 spiro atoms. The zero-order chi connectivity index (χ0) is 17.2. The predicted octanol–water partition coefficient (Wildman–Crippen LogP) is 3.74. The van der Waals surface area contributed by atoms with Gasteiger partial charge in [-0.2, -0.15) is 0 Å². The molecule has 1 aromatic heterocycles. The molecule has 1 N–H and O–H groups in total. The van der Waals surface area contributed by atoms with Crippen molar-refractivity contribution in [1.29, 1.82) is 0 Å². The highest BCUT2D eigenvalue weighted by Gasteiger charge is 2.27. The number of aromatic nitrogens is 1. The molecule has 0 atom stereocenters. The first-order valence-electron chi connectivity index (χ1n) is 9.20. The van der Waals surface area contributed by atoms with Crippen molar-refractivity contribution in [2.75, 3.05) is 11.9 Å². The number of rotatable bonds is 9. The first-order chi connectivity index (χ1) is 11.7. The van der Waals surface area contributed by atoms with E-state index < -0.39 is 0 Å². The van der Waals surface area contributed by atoms with Crippen molar-refractivity contribution < 1.29 is 14.1 Å². The number of carbonyl (C=O) groups excluding carboxylic acids is 2. The van der Waals surface area contributed by atoms with Crippen molar-refractivity contribution in [3.8, 4) is 0 Å². The van der Waals surface area contributed by atoms with Crippen molar-refractivity contribution in [2.45, 2.75) is 77.2 Å². The van der Waals surface area contributed by atoms with E-state index in [2.05, 4.69) is 17.4 Å². The molecule has 6 nitrogen and oxygen atoms in total. The van der Waals surface area contributed by atoms with E-state index in [1.807, 2.05) is 0 Å². The van der Waals surface area contributed by atoms with Crippen LogP contribution in [0.25, 0.3) is 0 Å². The van der Waals surface area contributed by atoms with Crippen molar-refractivity contribution in [3.63, 3.8) is 0 Å². The third kappa shape index (κ3) is 5.98. The van der Waals surface area contributed by atoms with Gasteiger partial charge in [0.2, 0.25) is 11.8 Å². The van der Waals surface area contributed by atoms with E-state index in [0.29, 0.717) is 12.2 Å². The lowest BCUT2D eigenvalue weighted by molar-refractivity contribution is -0.137. The highest BCUT2D eigenvalue weighted by molar-refractivity contribution is 5.93. The number of carbonyl (C=O) groups is 2. The van der Waals surface area contributed by atoms with E-state index >= 15 is 0 Å². The molecule has 1 aliphatic rings. The first-order valence-corrected chi connectivity index (χ1v) is 9.20. The van der Waals surface area contributed by atoms with Crippen LogP contribution in [0.15, 0.2) is 16.9 Å². The van der Waals surface area contributed by atoms with Gasteiger partial charge < -0.3 is 14.7 Å². The monoisotopic (exact) mass is 335 g/mol. The van der Waals surface area contributed by atoms with Crippen LogP contribution in [0.5, 0.6) is 0 Å². The number of nitrogens with one attached hydrogen (secondary N) is 1. The minimum absolute atomic E-state index is 0.101. The van der Waals surface area contributed by atoms with Crippen molar-refractivity contribution in [1.82, 2.24) is 10.1 Å². The van der Waals surface area contributed by atoms with Gasteiger partial charge in [0.1, 0.15) is 12.8 Å². The second kappa shape index (κ2) is 10.1. The molecular weight excluding hydrogens is 306 g/mol. The van der Waals surface area contributed by atoms with Crippen LogP contribution in [0, 0.1) is 0 Å². The maximum absolute atomic E-state index is 12.7. The molecule has 2 rings (SSSR count). The average Bonchev–Trinajstić information content (AvgIpc) is 3.10. The Hall–Kier alpha value is -1.85. The third-order valence-electron chi connectivity index (χ3n) is 4.60. The number of hydrogen-bond acceptors (Lipinski definition) is 4. The Labute approximate surface area is 143 Å². The Morgan fingerprint density at radius 1 is 1.25 bits per heavy atom. The van der Waals surface area contributed by atoms with E-state index in [9.17, 15) is 9.59 Å². The Balaban J connectivity index is 1.91. The summed E-state index contributed by atoms with van der Waals surface area (Å²) in [4.78, 5) is 26.7. The van der Waals surface area contributed by atoms with Crippen LogP contribution in [0.1, 0.15) is 71.1 Å². The van der Waals surface area contributed by atoms with E-state index in [1.165, 1.54) is 12.7 Å². The number of anilines is 1. The van der Waals surface area contributed by atoms with Gasteiger partial charge in [-0.1, -0.05) is 50.6 Å². The van der Waals surface area contributed by atoms with Crippen LogP contribution >= 0.6 is 0 Å². The summed E-state index contributed by atoms with van der Waals surface area (Å²) in [5, 5.41) is 6.37. The Morgan fingerprint density at radius 3 is 2.71 bits per heavy atom. The van der Waals surface area contributed by atoms with Crippen molar-refractivity contribution >= 4 is 17.6 Å². The number of unbranched alkanes of at least 4 members (excludes halogenated alkanes) is 3. The maximum atomic E-state index is 12.7. The fourth-order valence-electron chi connectivity index (χ4n) is 3.27. The van der Waals surface area contributed by atoms with Gasteiger partial charge in [0.15, 0.2) is 5.82 Å². The standard InChI is InChI=1S/C18H29N3O3/c1-2-3-4-8-11-18(23)21(15-9-6-5-7-10-15)14-17(22)19-16-12-13-24-20-16/h12-13,15H,2-11,14H2,1H3,(H,19,20,22). The van der Waals surface area contributed by atoms with E-state index in [-0.39, 0.29) is 24.4 Å². The summed E-state index contributed by atoms with van der Waals surface area (Å²) in [5.41, 5.74) is 0. The lowest BCUT2D eigenvalue weighted by Gasteiger charge is -2.34. The predicted molar refractivity (Wildman–Crippen MR) is 92.5 cm³/mol. The molecule has 0 aliphatic heterocycles. The summed E-state index contributed by atoms with van der Waals surface area (Å²) < 4.78 is 4.71. The molecule has 1 aliphatic carbocycles. The molecule has 0 unspecified atom stereocenters. The summed E-state index contributed by atoms with van der Waals surface area (Å²) in [5.74, 6) is 0.281. The largest absolute Gasteiger partial charge is 0.363 e. The zero-order valence-electron chi connectivity index (χ0n) is 14.6. The molecule has 1 aromatic rings. The van der Waals surface area contributed by atoms with Crippen LogP contribution in [0.2, 0.25) is 0 Å². The Bertz CT molecular complexity index is 496. The van der Waals surface area contributed by atoms with Gasteiger partial charge in [-0.25, -0.2) is 0 Å². The van der Waals surface area contributed by atoms with Gasteiger partial charge in [0.25, 0.3) is 0 Å². The number of amides is 2. The third-order valence-corrected chi connectivity index (χ3v) is 4.60. The van der Waals surface area contributed by atoms with Crippen LogP contribution < -0.4 is 5.32 Å². The summed E-state index contributed by atoms with van der Waals surface area (Å²) in [6.07, 6.45) is 11.7. The number of nitrogens with zero attached hydrogens (tertiary/aromatic N) is 2. The van der Waals surface area contributed by atoms with Gasteiger partial charge in [0, 0.05) is 18.5 Å². The smallest absolute Gasteiger partial charge is 0.245 e. The highest BCUT2D eigenvalue weighted by atomic mass is 16.5. The lowest BCUT2D eigenvalue weighted by Crippen LogP contribution is -2.45. The lowest BCUT2D eigenvalue weighted by atomic mass is 9.93. The van der Waals surface area contributed by atoms with E-state index in [0.717, 1.165) is 51.4 Å². The van der Waals surface area contributed by atoms with E-state index in [1.54, 1.807) is 11.0 Å². The minimum atomic E-state index is -0.212. The Kier molecular flexibility index (Phi) is 7.79. The molecule has 0 aromatic carbocycles. The van der Waals surface area contributed by atoms with Gasteiger partial charge in [-0.3, -0.25) is 9.59 Å². The molecule has 1 saturated carbocycles. The van der Waals surface area contributed by atoms with E-state index in [4.69, 9.17) is 4.52 Å². The first kappa shape index (κ1) is 18.5. The topological polar surface area (TPSA) is 75.4 Å². The minimum Gasteiger partial charge on any atom is -0.363 e. The summed E-state index contributed by atoms with van der Waals surface area (Å²) >= 11 is 0. The fourth-order valence-corrected chi connectivity index (χ4v) is 3.27. The maximum Gasteiger partial charge on any atom is 0.245 e. The molecule has 0 bridgehead atoms. The highest BCUT2D eigenvalue weighted by Crippen LogP contribution is 2.23. The quantitative estimate of drug-likeness (QED) is 0.697. The molecule has 134 valence electrons. The van der Waals surface area contributed by atoms with Gasteiger partial charge in [-0.05, 0) is 19.3 Å². The van der Waals surface area contributed by atoms with Crippen molar-refractivity contribution in [2.24, 2.45) is 0 Å². The molecule has 6 heteroatoms. The molecule has 1 fully saturated rings. The van der Waals surface area contributed by atoms with Gasteiger partial charge >= 0.3 is 0 Å². The van der Waals surface area contributed by atoms with Gasteiger partial charge in [-0.15, -0.1) is 0 Å². The summed E-state index contributed by atoms with van der Waals surface area (Å²) in [7, 11) is 0. The van der Waals surface area contributed by atoms with Crippen LogP contribution in [0.4, 0.5) is 5.82 Å². The Morgan fingerprint density at radius 2 is 2.04 bits per heavy atom. The molecule has 0 radical (unpaired) electrons. The van der Waals surface area contributed by atoms with Crippen LogP contribution in [-0.2, 0) is 9.59 Å². The van der Waals surface area contributed by atoms with Gasteiger partial charge in [0.05, 0.1) is 0 Å². The number of hydrogen-bond donors (Lipinski definition) is 1. The molecule has 2 amide bonds. The molecule has 24 heavy (non-hydrogen) atoms. The second-order valence-electron chi connectivity index (χ2n) is 6.56. The summed E-state index contributed by atoms with van der Waals surface area (Å²) in [6, 6.07) is 1.79. The molecule has 1 heterocycles. The SMILES string of the molecule is CCCCCCC(=O)N(CC(=O)Nc1ccon1)C1CCCCC1. The van der Waals surface area contributed by atoms with Crippen LogP contribution in [-0.4, -0.2) is 34.5 Å². The molecular formula is C18H29N3O3. The second-order valence-corrected chi connectivity index (χ2v) is 6.56. The van der Waals surface area contributed by atoms with Crippen LogP contribution in [0.3, 0.4) is 0 Å². The average molecular weight is 335 g/mol. The molecule has 0 saturated heterocycles. The normalized spacial score (nSPS) is 15.2. The zero-order valence-corrected chi connectivity index (χ0v) is 14.6.